The van der Waals surface area contributed by atoms with Crippen LogP contribution < -0.4 is 10.1 Å². The number of amides is 2. The van der Waals surface area contributed by atoms with Crippen LogP contribution in [-0.4, -0.2) is 36.4 Å². The van der Waals surface area contributed by atoms with Crippen LogP contribution in [0.25, 0.3) is 0 Å². The minimum Gasteiger partial charge on any atom is -0.492 e. The van der Waals surface area contributed by atoms with E-state index < -0.39 is 0 Å². The second-order valence-corrected chi connectivity index (χ2v) is 6.36. The molecule has 2 aromatic rings. The van der Waals surface area contributed by atoms with E-state index in [0.717, 1.165) is 11.3 Å². The van der Waals surface area contributed by atoms with Crippen LogP contribution in [0.3, 0.4) is 0 Å². The van der Waals surface area contributed by atoms with Gasteiger partial charge >= 0.3 is 0 Å². The first-order valence-electron chi connectivity index (χ1n) is 9.03. The molecule has 1 N–H and O–H groups in total. The van der Waals surface area contributed by atoms with Crippen molar-refractivity contribution in [3.05, 3.63) is 59.7 Å². The third-order valence-electron chi connectivity index (χ3n) is 4.70. The summed E-state index contributed by atoms with van der Waals surface area (Å²) in [6.45, 7) is 5.65. The summed E-state index contributed by atoms with van der Waals surface area (Å²) < 4.78 is 5.69. The number of fused-ring (bicyclic) bond motifs is 1. The minimum absolute atomic E-state index is 0.00478. The minimum atomic E-state index is -0.220. The lowest BCUT2D eigenvalue weighted by Gasteiger charge is -2.24. The average Bonchev–Trinajstić information content (AvgIpc) is 2.69. The highest BCUT2D eigenvalue weighted by Gasteiger charge is 2.25. The molecule has 3 rings (SSSR count). The smallest absolute Gasteiger partial charge is 0.253 e. The molecule has 0 saturated carbocycles. The fourth-order valence-corrected chi connectivity index (χ4v) is 3.13. The quantitative estimate of drug-likeness (QED) is 0.898. The number of carbonyl (C=O) groups is 2. The van der Waals surface area contributed by atoms with Gasteiger partial charge in [0.2, 0.25) is 5.91 Å². The first-order chi connectivity index (χ1) is 12.6. The van der Waals surface area contributed by atoms with E-state index in [2.05, 4.69) is 5.32 Å². The van der Waals surface area contributed by atoms with Gasteiger partial charge in [0.15, 0.2) is 0 Å². The Labute approximate surface area is 154 Å². The normalized spacial score (nSPS) is 15.5. The highest BCUT2D eigenvalue weighted by atomic mass is 16.5. The molecule has 5 heteroatoms. The lowest BCUT2D eigenvalue weighted by Crippen LogP contribution is -2.32. The Morgan fingerprint density at radius 2 is 1.77 bits per heavy atom. The molecule has 0 bridgehead atoms. The van der Waals surface area contributed by atoms with Gasteiger partial charge in [-0.05, 0) is 56.2 Å². The van der Waals surface area contributed by atoms with E-state index >= 15 is 0 Å². The molecule has 0 radical (unpaired) electrons. The van der Waals surface area contributed by atoms with Crippen molar-refractivity contribution in [1.29, 1.82) is 0 Å². The van der Waals surface area contributed by atoms with Crippen LogP contribution in [0.5, 0.6) is 5.75 Å². The van der Waals surface area contributed by atoms with Gasteiger partial charge in [0, 0.05) is 24.3 Å². The Kier molecular flexibility index (Phi) is 5.56. The second-order valence-electron chi connectivity index (χ2n) is 6.36. The third kappa shape index (κ3) is 3.87. The van der Waals surface area contributed by atoms with Crippen LogP contribution in [-0.2, 0) is 11.2 Å². The van der Waals surface area contributed by atoms with Crippen molar-refractivity contribution in [2.75, 3.05) is 25.0 Å². The fraction of sp³-hybridized carbons (Fsp3) is 0.333. The van der Waals surface area contributed by atoms with Gasteiger partial charge < -0.3 is 15.0 Å². The standard InChI is InChI=1S/C21H24N2O3/c1-3-23(4-2)21(25)15-9-11-18(12-10-15)22-20(24)17-13-16-7-5-6-8-19(16)26-14-17/h5-12,17H,3-4,13-14H2,1-2H3,(H,22,24)/t17-/m0/s1. The number of anilines is 1. The molecule has 0 aliphatic carbocycles. The maximum atomic E-state index is 12.5. The third-order valence-corrected chi connectivity index (χ3v) is 4.70. The predicted octanol–water partition coefficient (Wildman–Crippen LogP) is 3.36. The highest BCUT2D eigenvalue weighted by molar-refractivity contribution is 5.96. The summed E-state index contributed by atoms with van der Waals surface area (Å²) in [5, 5.41) is 2.92. The number of hydrogen-bond donors (Lipinski definition) is 1. The molecular formula is C21H24N2O3. The zero-order valence-electron chi connectivity index (χ0n) is 15.2. The van der Waals surface area contributed by atoms with Crippen molar-refractivity contribution in [2.45, 2.75) is 20.3 Å². The van der Waals surface area contributed by atoms with Gasteiger partial charge in [-0.2, -0.15) is 0 Å². The van der Waals surface area contributed by atoms with Crippen LogP contribution in [0.1, 0.15) is 29.8 Å². The molecule has 1 heterocycles. The van der Waals surface area contributed by atoms with Gasteiger partial charge in [0.05, 0.1) is 5.92 Å². The molecule has 0 unspecified atom stereocenters. The van der Waals surface area contributed by atoms with Crippen molar-refractivity contribution in [3.63, 3.8) is 0 Å². The van der Waals surface area contributed by atoms with E-state index in [0.29, 0.717) is 37.4 Å². The number of rotatable bonds is 5. The lowest BCUT2D eigenvalue weighted by molar-refractivity contribution is -0.121. The fourth-order valence-electron chi connectivity index (χ4n) is 3.13. The molecule has 1 atom stereocenters. The van der Waals surface area contributed by atoms with Crippen molar-refractivity contribution >= 4 is 17.5 Å². The zero-order valence-corrected chi connectivity index (χ0v) is 15.2. The van der Waals surface area contributed by atoms with E-state index in [1.165, 1.54) is 0 Å². The number of carbonyl (C=O) groups excluding carboxylic acids is 2. The average molecular weight is 352 g/mol. The van der Waals surface area contributed by atoms with Crippen molar-refractivity contribution in [1.82, 2.24) is 4.90 Å². The van der Waals surface area contributed by atoms with Crippen LogP contribution >= 0.6 is 0 Å². The van der Waals surface area contributed by atoms with E-state index in [1.807, 2.05) is 38.1 Å². The molecule has 2 amide bonds. The molecule has 0 aromatic heterocycles. The maximum absolute atomic E-state index is 12.5. The van der Waals surface area contributed by atoms with Gasteiger partial charge in [-0.3, -0.25) is 9.59 Å². The van der Waals surface area contributed by atoms with Crippen LogP contribution in [0.2, 0.25) is 0 Å². The predicted molar refractivity (Wildman–Crippen MR) is 101 cm³/mol. The van der Waals surface area contributed by atoms with Crippen molar-refractivity contribution in [3.8, 4) is 5.75 Å². The summed E-state index contributed by atoms with van der Waals surface area (Å²) in [5.74, 6) is 0.574. The van der Waals surface area contributed by atoms with Crippen LogP contribution in [0, 0.1) is 5.92 Å². The number of ether oxygens (including phenoxy) is 1. The Morgan fingerprint density at radius 1 is 1.08 bits per heavy atom. The Balaban J connectivity index is 1.63. The Bertz CT molecular complexity index is 782. The van der Waals surface area contributed by atoms with E-state index in [1.54, 1.807) is 29.2 Å². The van der Waals surface area contributed by atoms with Gasteiger partial charge in [-0.15, -0.1) is 0 Å². The first kappa shape index (κ1) is 18.0. The van der Waals surface area contributed by atoms with E-state index in [4.69, 9.17) is 4.74 Å². The summed E-state index contributed by atoms with van der Waals surface area (Å²) >= 11 is 0. The topological polar surface area (TPSA) is 58.6 Å². The molecule has 0 fully saturated rings. The molecule has 136 valence electrons. The first-order valence-corrected chi connectivity index (χ1v) is 9.03. The summed E-state index contributed by atoms with van der Waals surface area (Å²) in [4.78, 5) is 26.6. The SMILES string of the molecule is CCN(CC)C(=O)c1ccc(NC(=O)[C@@H]2COc3ccccc3C2)cc1. The molecule has 1 aliphatic rings. The largest absolute Gasteiger partial charge is 0.492 e. The van der Waals surface area contributed by atoms with E-state index in [9.17, 15) is 9.59 Å². The molecule has 5 nitrogen and oxygen atoms in total. The number of para-hydroxylation sites is 1. The van der Waals surface area contributed by atoms with Crippen molar-refractivity contribution in [2.24, 2.45) is 5.92 Å². The van der Waals surface area contributed by atoms with Gasteiger partial charge in [-0.25, -0.2) is 0 Å². The molecule has 1 aliphatic heterocycles. The van der Waals surface area contributed by atoms with E-state index in [-0.39, 0.29) is 17.7 Å². The van der Waals surface area contributed by atoms with Crippen molar-refractivity contribution < 1.29 is 14.3 Å². The maximum Gasteiger partial charge on any atom is 0.253 e. The number of benzene rings is 2. The van der Waals surface area contributed by atoms with Gasteiger partial charge in [-0.1, -0.05) is 18.2 Å². The molecular weight excluding hydrogens is 328 g/mol. The summed E-state index contributed by atoms with van der Waals surface area (Å²) in [6, 6.07) is 14.8. The van der Waals surface area contributed by atoms with Crippen LogP contribution in [0.15, 0.2) is 48.5 Å². The summed E-state index contributed by atoms with van der Waals surface area (Å²) in [5.41, 5.74) is 2.37. The van der Waals surface area contributed by atoms with Gasteiger partial charge in [0.25, 0.3) is 5.91 Å². The molecule has 0 saturated heterocycles. The second kappa shape index (κ2) is 8.04. The summed E-state index contributed by atoms with van der Waals surface area (Å²) in [6.07, 6.45) is 0.667. The Hall–Kier alpha value is -2.82. The number of hydrogen-bond acceptors (Lipinski definition) is 3. The monoisotopic (exact) mass is 352 g/mol. The summed E-state index contributed by atoms with van der Waals surface area (Å²) in [7, 11) is 0. The van der Waals surface area contributed by atoms with Crippen LogP contribution in [0.4, 0.5) is 5.69 Å². The highest BCUT2D eigenvalue weighted by Crippen LogP contribution is 2.27. The molecule has 0 spiro atoms. The number of nitrogens with zero attached hydrogens (tertiary/aromatic N) is 1. The number of nitrogens with one attached hydrogen (secondary N) is 1. The lowest BCUT2D eigenvalue weighted by atomic mass is 9.96. The molecule has 26 heavy (non-hydrogen) atoms. The zero-order chi connectivity index (χ0) is 18.5. The van der Waals surface area contributed by atoms with Gasteiger partial charge in [0.1, 0.15) is 12.4 Å². The Morgan fingerprint density at radius 3 is 2.46 bits per heavy atom. The molecule has 2 aromatic carbocycles.